The van der Waals surface area contributed by atoms with Crippen molar-refractivity contribution in [3.63, 3.8) is 0 Å². The molecule has 1 aliphatic heterocycles. The zero-order valence-corrected chi connectivity index (χ0v) is 13.2. The number of carbonyl (C=O) groups excluding carboxylic acids is 2. The average Bonchev–Trinajstić information content (AvgIpc) is 2.69. The van der Waals surface area contributed by atoms with Gasteiger partial charge in [0.25, 0.3) is 5.91 Å². The van der Waals surface area contributed by atoms with Gasteiger partial charge in [-0.05, 0) is 53.2 Å². The lowest BCUT2D eigenvalue weighted by atomic mass is 9.93. The predicted octanol–water partition coefficient (Wildman–Crippen LogP) is 2.55. The van der Waals surface area contributed by atoms with Crippen molar-refractivity contribution in [2.45, 2.75) is 26.2 Å². The maximum absolute atomic E-state index is 12.3. The predicted molar refractivity (Wildman–Crippen MR) is 79.2 cm³/mol. The molecule has 2 heterocycles. The highest BCUT2D eigenvalue weighted by atomic mass is 79.9. The monoisotopic (exact) mass is 344 g/mol. The van der Waals surface area contributed by atoms with E-state index in [0.29, 0.717) is 25.4 Å². The van der Waals surface area contributed by atoms with Crippen LogP contribution in [0.15, 0.2) is 9.85 Å². The van der Waals surface area contributed by atoms with Crippen molar-refractivity contribution in [1.82, 2.24) is 4.90 Å². The Hall–Kier alpha value is -0.880. The second-order valence-electron chi connectivity index (χ2n) is 4.97. The summed E-state index contributed by atoms with van der Waals surface area (Å²) in [6.45, 7) is 3.41. The van der Waals surface area contributed by atoms with Crippen LogP contribution in [0.1, 0.15) is 34.5 Å². The van der Waals surface area contributed by atoms with Crippen LogP contribution >= 0.6 is 27.3 Å². The fraction of sp³-hybridized carbons (Fsp3) is 0.538. The van der Waals surface area contributed by atoms with Crippen LogP contribution < -0.4 is 5.73 Å². The van der Waals surface area contributed by atoms with Crippen molar-refractivity contribution >= 4 is 39.1 Å². The number of hydrogen-bond acceptors (Lipinski definition) is 3. The largest absolute Gasteiger partial charge is 0.370 e. The van der Waals surface area contributed by atoms with Crippen LogP contribution in [0.3, 0.4) is 0 Å². The summed E-state index contributed by atoms with van der Waals surface area (Å²) in [4.78, 5) is 25.8. The van der Waals surface area contributed by atoms with E-state index >= 15 is 0 Å². The third-order valence-corrected chi connectivity index (χ3v) is 5.58. The zero-order chi connectivity index (χ0) is 14.0. The standard InChI is InChI=1S/C13H17BrN2O2S/c1-8-6-10(19-12(8)14)13(18)16-4-2-9(3-5-16)7-11(15)17/h6,9H,2-5,7H2,1H3,(H2,15,17). The van der Waals surface area contributed by atoms with E-state index < -0.39 is 0 Å². The zero-order valence-electron chi connectivity index (χ0n) is 10.8. The molecule has 0 radical (unpaired) electrons. The van der Waals surface area contributed by atoms with Crippen LogP contribution in [-0.4, -0.2) is 29.8 Å². The quantitative estimate of drug-likeness (QED) is 0.915. The number of carbonyl (C=O) groups is 2. The van der Waals surface area contributed by atoms with Gasteiger partial charge in [0.05, 0.1) is 8.66 Å². The van der Waals surface area contributed by atoms with E-state index in [2.05, 4.69) is 15.9 Å². The maximum Gasteiger partial charge on any atom is 0.263 e. The number of aryl methyl sites for hydroxylation is 1. The molecule has 6 heteroatoms. The maximum atomic E-state index is 12.3. The SMILES string of the molecule is Cc1cc(C(=O)N2CCC(CC(N)=O)CC2)sc1Br. The van der Waals surface area contributed by atoms with E-state index in [0.717, 1.165) is 27.1 Å². The number of likely N-dealkylation sites (tertiary alicyclic amines) is 1. The minimum Gasteiger partial charge on any atom is -0.370 e. The molecule has 0 unspecified atom stereocenters. The molecule has 2 N–H and O–H groups in total. The topological polar surface area (TPSA) is 63.4 Å². The fourth-order valence-electron chi connectivity index (χ4n) is 2.35. The summed E-state index contributed by atoms with van der Waals surface area (Å²) in [5.74, 6) is 0.178. The highest BCUT2D eigenvalue weighted by Crippen LogP contribution is 2.29. The Bertz CT molecular complexity index is 473. The molecule has 0 saturated carbocycles. The number of halogens is 1. The van der Waals surface area contributed by atoms with Gasteiger partial charge in [0.1, 0.15) is 0 Å². The van der Waals surface area contributed by atoms with Crippen LogP contribution in [0.4, 0.5) is 0 Å². The van der Waals surface area contributed by atoms with Gasteiger partial charge < -0.3 is 10.6 Å². The number of amides is 2. The molecule has 0 aromatic carbocycles. The molecular weight excluding hydrogens is 328 g/mol. The number of nitrogens with zero attached hydrogens (tertiary/aromatic N) is 1. The first-order valence-corrected chi connectivity index (χ1v) is 7.92. The Morgan fingerprint density at radius 3 is 2.58 bits per heavy atom. The first-order valence-electron chi connectivity index (χ1n) is 6.31. The molecule has 104 valence electrons. The van der Waals surface area contributed by atoms with Crippen LogP contribution in [-0.2, 0) is 4.79 Å². The summed E-state index contributed by atoms with van der Waals surface area (Å²) in [5, 5.41) is 0. The molecular formula is C13H17BrN2O2S. The van der Waals surface area contributed by atoms with Gasteiger partial charge in [0.2, 0.25) is 5.91 Å². The smallest absolute Gasteiger partial charge is 0.263 e. The Morgan fingerprint density at radius 2 is 2.11 bits per heavy atom. The lowest BCUT2D eigenvalue weighted by molar-refractivity contribution is -0.119. The normalized spacial score (nSPS) is 16.6. The first kappa shape index (κ1) is 14.5. The molecule has 2 amide bonds. The number of nitrogens with two attached hydrogens (primary N) is 1. The lowest BCUT2D eigenvalue weighted by Crippen LogP contribution is -2.39. The van der Waals surface area contributed by atoms with Crippen molar-refractivity contribution in [2.75, 3.05) is 13.1 Å². The minimum atomic E-state index is -0.248. The van der Waals surface area contributed by atoms with Gasteiger partial charge in [-0.2, -0.15) is 0 Å². The molecule has 0 bridgehead atoms. The van der Waals surface area contributed by atoms with E-state index in [9.17, 15) is 9.59 Å². The van der Waals surface area contributed by atoms with Crippen molar-refractivity contribution in [1.29, 1.82) is 0 Å². The van der Waals surface area contributed by atoms with Gasteiger partial charge in [0, 0.05) is 19.5 Å². The third kappa shape index (κ3) is 3.57. The molecule has 0 aliphatic carbocycles. The molecule has 2 rings (SSSR count). The van der Waals surface area contributed by atoms with E-state index in [-0.39, 0.29) is 11.8 Å². The van der Waals surface area contributed by atoms with Gasteiger partial charge >= 0.3 is 0 Å². The van der Waals surface area contributed by atoms with Crippen LogP contribution in [0.2, 0.25) is 0 Å². The molecule has 19 heavy (non-hydrogen) atoms. The molecule has 4 nitrogen and oxygen atoms in total. The molecule has 1 aliphatic rings. The average molecular weight is 345 g/mol. The number of thiophene rings is 1. The van der Waals surface area contributed by atoms with E-state index in [1.807, 2.05) is 17.9 Å². The summed E-state index contributed by atoms with van der Waals surface area (Å²) in [7, 11) is 0. The van der Waals surface area contributed by atoms with Gasteiger partial charge in [-0.15, -0.1) is 11.3 Å². The summed E-state index contributed by atoms with van der Waals surface area (Å²) < 4.78 is 1.01. The van der Waals surface area contributed by atoms with Crippen molar-refractivity contribution in [3.05, 3.63) is 20.3 Å². The Kier molecular flexibility index (Phi) is 4.62. The number of rotatable bonds is 3. The highest BCUT2D eigenvalue weighted by molar-refractivity contribution is 9.11. The highest BCUT2D eigenvalue weighted by Gasteiger charge is 2.25. The van der Waals surface area contributed by atoms with Gasteiger partial charge in [-0.1, -0.05) is 0 Å². The summed E-state index contributed by atoms with van der Waals surface area (Å²) >= 11 is 4.92. The number of hydrogen-bond donors (Lipinski definition) is 1. The third-order valence-electron chi connectivity index (χ3n) is 3.46. The molecule has 0 spiro atoms. The second-order valence-corrected chi connectivity index (χ2v) is 7.34. The lowest BCUT2D eigenvalue weighted by Gasteiger charge is -2.31. The van der Waals surface area contributed by atoms with E-state index in [1.54, 1.807) is 0 Å². The second kappa shape index (κ2) is 6.05. The molecule has 0 atom stereocenters. The Balaban J connectivity index is 1.94. The summed E-state index contributed by atoms with van der Waals surface area (Å²) in [5.41, 5.74) is 6.30. The van der Waals surface area contributed by atoms with E-state index in [1.165, 1.54) is 11.3 Å². The van der Waals surface area contributed by atoms with Gasteiger partial charge in [-0.25, -0.2) is 0 Å². The molecule has 1 aromatic rings. The Labute approximate surface area is 125 Å². The Morgan fingerprint density at radius 1 is 1.47 bits per heavy atom. The fourth-order valence-corrected chi connectivity index (χ4v) is 3.85. The van der Waals surface area contributed by atoms with Crippen molar-refractivity contribution in [2.24, 2.45) is 11.7 Å². The van der Waals surface area contributed by atoms with Crippen LogP contribution in [0.5, 0.6) is 0 Å². The van der Waals surface area contributed by atoms with E-state index in [4.69, 9.17) is 5.73 Å². The first-order chi connectivity index (χ1) is 8.97. The van der Waals surface area contributed by atoms with Crippen LogP contribution in [0, 0.1) is 12.8 Å². The van der Waals surface area contributed by atoms with Crippen molar-refractivity contribution < 1.29 is 9.59 Å². The van der Waals surface area contributed by atoms with Crippen LogP contribution in [0.25, 0.3) is 0 Å². The van der Waals surface area contributed by atoms with Crippen molar-refractivity contribution in [3.8, 4) is 0 Å². The molecule has 1 aromatic heterocycles. The number of primary amides is 1. The van der Waals surface area contributed by atoms with Gasteiger partial charge in [0.15, 0.2) is 0 Å². The minimum absolute atomic E-state index is 0.0938. The van der Waals surface area contributed by atoms with Gasteiger partial charge in [-0.3, -0.25) is 9.59 Å². The molecule has 1 fully saturated rings. The molecule has 1 saturated heterocycles. The summed E-state index contributed by atoms with van der Waals surface area (Å²) in [6, 6.07) is 1.92. The number of piperidine rings is 1. The summed E-state index contributed by atoms with van der Waals surface area (Å²) in [6.07, 6.45) is 2.16.